The maximum atomic E-state index is 5.78. The molecule has 2 nitrogen and oxygen atoms in total. The smallest absolute Gasteiger partial charge is 0.224 e. The first-order valence-corrected chi connectivity index (χ1v) is 14.4. The highest BCUT2D eigenvalue weighted by molar-refractivity contribution is 7.07. The predicted octanol–water partition coefficient (Wildman–Crippen LogP) is 8.87. The van der Waals surface area contributed by atoms with Crippen molar-refractivity contribution >= 4 is 11.3 Å². The zero-order valence-electron chi connectivity index (χ0n) is 20.3. The van der Waals surface area contributed by atoms with Crippen molar-refractivity contribution in [1.82, 2.24) is 0 Å². The van der Waals surface area contributed by atoms with E-state index in [2.05, 4.69) is 28.6 Å². The van der Waals surface area contributed by atoms with Crippen molar-refractivity contribution < 1.29 is 9.30 Å². The van der Waals surface area contributed by atoms with Crippen LogP contribution in [0.1, 0.15) is 135 Å². The van der Waals surface area contributed by atoms with Crippen molar-refractivity contribution in [3.05, 3.63) is 17.1 Å². The summed E-state index contributed by atoms with van der Waals surface area (Å²) in [6.45, 7) is 5.33. The second kappa shape index (κ2) is 23.3. The van der Waals surface area contributed by atoms with Gasteiger partial charge in [-0.3, -0.25) is 0 Å². The monoisotopic (exact) mass is 438 g/mol. The molecule has 1 aromatic heterocycles. The van der Waals surface area contributed by atoms with E-state index in [-0.39, 0.29) is 0 Å². The lowest BCUT2D eigenvalue weighted by atomic mass is 10.0. The van der Waals surface area contributed by atoms with Crippen LogP contribution >= 0.6 is 11.3 Å². The quantitative estimate of drug-likeness (QED) is 0.116. The van der Waals surface area contributed by atoms with Crippen LogP contribution in [0.5, 0.6) is 0 Å². The minimum absolute atomic E-state index is 0.934. The van der Waals surface area contributed by atoms with Gasteiger partial charge in [0.2, 0.25) is 5.51 Å². The highest BCUT2D eigenvalue weighted by Gasteiger charge is 1.99. The standard InChI is InChI=1S/C27H52NOS/c1-2-3-4-5-6-7-8-9-10-11-12-13-14-15-16-17-18-20-24-29-25-21-19-22-28-23-26-30-27-28/h23,26-27H,2-22,24-25H2,1H3/q+1. The summed E-state index contributed by atoms with van der Waals surface area (Å²) in [5.74, 6) is 0. The van der Waals surface area contributed by atoms with Gasteiger partial charge in [-0.15, -0.1) is 0 Å². The maximum Gasteiger partial charge on any atom is 0.224 e. The molecular weight excluding hydrogens is 386 g/mol. The Kier molecular flexibility index (Phi) is 21.4. The number of unbranched alkanes of at least 4 members (excludes halogenated alkanes) is 18. The maximum absolute atomic E-state index is 5.78. The van der Waals surface area contributed by atoms with Crippen LogP contribution in [0.2, 0.25) is 0 Å². The Balaban J connectivity index is 1.63. The van der Waals surface area contributed by atoms with Gasteiger partial charge in [0.05, 0.1) is 5.38 Å². The average Bonchev–Trinajstić information content (AvgIpc) is 3.28. The van der Waals surface area contributed by atoms with Gasteiger partial charge < -0.3 is 4.74 Å². The van der Waals surface area contributed by atoms with E-state index in [0.717, 1.165) is 19.8 Å². The van der Waals surface area contributed by atoms with Crippen LogP contribution in [0.25, 0.3) is 0 Å². The number of aromatic nitrogens is 1. The lowest BCUT2D eigenvalue weighted by Crippen LogP contribution is -2.29. The molecule has 0 radical (unpaired) electrons. The molecule has 1 heterocycles. The van der Waals surface area contributed by atoms with Gasteiger partial charge in [-0.2, -0.15) is 4.57 Å². The molecule has 3 heteroatoms. The zero-order chi connectivity index (χ0) is 21.4. The highest BCUT2D eigenvalue weighted by atomic mass is 32.1. The second-order valence-electron chi connectivity index (χ2n) is 9.09. The molecule has 0 aliphatic rings. The third kappa shape index (κ3) is 19.5. The highest BCUT2D eigenvalue weighted by Crippen LogP contribution is 2.14. The molecule has 0 atom stereocenters. The number of ether oxygens (including phenoxy) is 1. The summed E-state index contributed by atoms with van der Waals surface area (Å²) in [4.78, 5) is 0. The van der Waals surface area contributed by atoms with Gasteiger partial charge in [-0.25, -0.2) is 0 Å². The van der Waals surface area contributed by atoms with Crippen molar-refractivity contribution in [3.63, 3.8) is 0 Å². The summed E-state index contributed by atoms with van der Waals surface area (Å²) in [5, 5.41) is 2.13. The third-order valence-electron chi connectivity index (χ3n) is 6.12. The van der Waals surface area contributed by atoms with Crippen LogP contribution < -0.4 is 4.57 Å². The molecule has 0 fully saturated rings. The van der Waals surface area contributed by atoms with E-state index in [1.165, 1.54) is 128 Å². The molecule has 0 aliphatic carbocycles. The number of hydrogen-bond acceptors (Lipinski definition) is 2. The Morgan fingerprint density at radius 2 is 1.00 bits per heavy atom. The van der Waals surface area contributed by atoms with Gasteiger partial charge in [-0.05, 0) is 12.8 Å². The fourth-order valence-corrected chi connectivity index (χ4v) is 4.72. The molecule has 0 bridgehead atoms. The fourth-order valence-electron chi connectivity index (χ4n) is 4.10. The Morgan fingerprint density at radius 3 is 1.43 bits per heavy atom. The molecule has 1 aromatic rings. The Labute approximate surface area is 192 Å². The van der Waals surface area contributed by atoms with E-state index in [0.29, 0.717) is 0 Å². The molecule has 30 heavy (non-hydrogen) atoms. The Hall–Kier alpha value is -0.410. The van der Waals surface area contributed by atoms with Gasteiger partial charge in [0.25, 0.3) is 0 Å². The topological polar surface area (TPSA) is 13.1 Å². The molecule has 176 valence electrons. The molecule has 0 aliphatic heterocycles. The molecule has 0 saturated carbocycles. The average molecular weight is 439 g/mol. The van der Waals surface area contributed by atoms with Gasteiger partial charge in [0, 0.05) is 19.6 Å². The molecule has 0 saturated heterocycles. The number of thiazole rings is 1. The first-order valence-electron chi connectivity index (χ1n) is 13.4. The normalized spacial score (nSPS) is 11.4. The van der Waals surface area contributed by atoms with Crippen molar-refractivity contribution in [3.8, 4) is 0 Å². The lowest BCUT2D eigenvalue weighted by molar-refractivity contribution is -0.692. The summed E-state index contributed by atoms with van der Waals surface area (Å²) in [7, 11) is 0. The van der Waals surface area contributed by atoms with Crippen molar-refractivity contribution in [1.29, 1.82) is 0 Å². The zero-order valence-corrected chi connectivity index (χ0v) is 21.1. The van der Waals surface area contributed by atoms with Crippen LogP contribution in [-0.2, 0) is 11.3 Å². The van der Waals surface area contributed by atoms with E-state index < -0.39 is 0 Å². The fraction of sp³-hybridized carbons (Fsp3) is 0.889. The van der Waals surface area contributed by atoms with E-state index >= 15 is 0 Å². The van der Waals surface area contributed by atoms with Crippen LogP contribution in [0, 0.1) is 0 Å². The Morgan fingerprint density at radius 1 is 0.567 bits per heavy atom. The van der Waals surface area contributed by atoms with Gasteiger partial charge in [0.1, 0.15) is 6.54 Å². The number of rotatable bonds is 24. The van der Waals surface area contributed by atoms with Crippen molar-refractivity contribution in [2.24, 2.45) is 0 Å². The summed E-state index contributed by atoms with van der Waals surface area (Å²) < 4.78 is 8.04. The van der Waals surface area contributed by atoms with E-state index in [9.17, 15) is 0 Å². The third-order valence-corrected chi connectivity index (χ3v) is 6.80. The van der Waals surface area contributed by atoms with Crippen LogP contribution in [-0.4, -0.2) is 13.2 Å². The van der Waals surface area contributed by atoms with Gasteiger partial charge in [-0.1, -0.05) is 127 Å². The Bertz CT molecular complexity index is 421. The van der Waals surface area contributed by atoms with Gasteiger partial charge >= 0.3 is 0 Å². The summed E-state index contributed by atoms with van der Waals surface area (Å²) in [6.07, 6.45) is 30.4. The van der Waals surface area contributed by atoms with Crippen LogP contribution in [0.15, 0.2) is 17.1 Å². The summed E-state index contributed by atoms with van der Waals surface area (Å²) in [5.41, 5.74) is 2.18. The van der Waals surface area contributed by atoms with E-state index in [1.807, 2.05) is 0 Å². The van der Waals surface area contributed by atoms with Crippen LogP contribution in [0.3, 0.4) is 0 Å². The first kappa shape index (κ1) is 27.6. The van der Waals surface area contributed by atoms with E-state index in [4.69, 9.17) is 4.74 Å². The van der Waals surface area contributed by atoms with Crippen LogP contribution in [0.4, 0.5) is 0 Å². The molecule has 0 spiro atoms. The first-order chi connectivity index (χ1) is 14.9. The number of hydrogen-bond donors (Lipinski definition) is 0. The molecule has 1 rings (SSSR count). The SMILES string of the molecule is CCCCCCCCCCCCCCCCCCCCOCCCC[n+]1ccsc1. The second-order valence-corrected chi connectivity index (χ2v) is 9.85. The largest absolute Gasteiger partial charge is 0.381 e. The number of aryl methyl sites for hydroxylation is 1. The number of nitrogens with zero attached hydrogens (tertiary/aromatic N) is 1. The molecule has 0 N–H and O–H groups in total. The summed E-state index contributed by atoms with van der Waals surface area (Å²) in [6, 6.07) is 0. The summed E-state index contributed by atoms with van der Waals surface area (Å²) >= 11 is 1.76. The van der Waals surface area contributed by atoms with Gasteiger partial charge in [0.15, 0.2) is 6.20 Å². The predicted molar refractivity (Wildman–Crippen MR) is 133 cm³/mol. The minimum atomic E-state index is 0.934. The lowest BCUT2D eigenvalue weighted by Gasteiger charge is -2.05. The molecule has 0 amide bonds. The van der Waals surface area contributed by atoms with E-state index in [1.54, 1.807) is 11.3 Å². The minimum Gasteiger partial charge on any atom is -0.381 e. The van der Waals surface area contributed by atoms with Crippen molar-refractivity contribution in [2.75, 3.05) is 13.2 Å². The van der Waals surface area contributed by atoms with Crippen molar-refractivity contribution in [2.45, 2.75) is 142 Å². The molecular formula is C27H52NOS+. The molecule has 0 aromatic carbocycles. The molecule has 0 unspecified atom stereocenters.